The van der Waals surface area contributed by atoms with Crippen molar-refractivity contribution < 1.29 is 13.9 Å². The molecule has 1 unspecified atom stereocenters. The number of ether oxygens (including phenoxy) is 1. The van der Waals surface area contributed by atoms with Gasteiger partial charge >= 0.3 is 5.97 Å². The smallest absolute Gasteiger partial charge is 0.339 e. The maximum atomic E-state index is 12.9. The number of carbonyl (C=O) groups is 1. The quantitative estimate of drug-likeness (QED) is 0.466. The zero-order valence-corrected chi connectivity index (χ0v) is 14.0. The maximum absolute atomic E-state index is 12.9. The second kappa shape index (κ2) is 10.3. The molecule has 1 atom stereocenters. The summed E-state index contributed by atoms with van der Waals surface area (Å²) >= 11 is 0. The first-order valence-electron chi connectivity index (χ1n) is 8.32. The Balaban J connectivity index is 2.69. The number of nitrogens with zero attached hydrogens (tertiary/aromatic N) is 1. The van der Waals surface area contributed by atoms with Gasteiger partial charge in [0.25, 0.3) is 0 Å². The van der Waals surface area contributed by atoms with Gasteiger partial charge in [0, 0.05) is 13.1 Å². The van der Waals surface area contributed by atoms with Crippen LogP contribution in [0.4, 0.5) is 4.39 Å². The Kier molecular flexibility index (Phi) is 8.75. The average molecular weight is 309 g/mol. The van der Waals surface area contributed by atoms with E-state index < -0.39 is 0 Å². The molecule has 4 heteroatoms. The van der Waals surface area contributed by atoms with Gasteiger partial charge in [0.05, 0.1) is 5.56 Å². The van der Waals surface area contributed by atoms with Gasteiger partial charge in [-0.1, -0.05) is 33.6 Å². The Morgan fingerprint density at radius 1 is 1.09 bits per heavy atom. The normalized spacial score (nSPS) is 12.4. The molecule has 1 aromatic rings. The lowest BCUT2D eigenvalue weighted by Crippen LogP contribution is -2.39. The van der Waals surface area contributed by atoms with Gasteiger partial charge < -0.3 is 4.74 Å². The maximum Gasteiger partial charge on any atom is 0.339 e. The minimum Gasteiger partial charge on any atom is -0.443 e. The molecule has 124 valence electrons. The predicted octanol–water partition coefficient (Wildman–Crippen LogP) is 4.62. The average Bonchev–Trinajstić information content (AvgIpc) is 2.53. The summed E-state index contributed by atoms with van der Waals surface area (Å²) in [6.45, 7) is 8.21. The van der Waals surface area contributed by atoms with Crippen LogP contribution in [0.25, 0.3) is 0 Å². The van der Waals surface area contributed by atoms with Crippen LogP contribution in [0.15, 0.2) is 24.3 Å². The fraction of sp³-hybridized carbons (Fsp3) is 0.611. The number of rotatable bonds is 10. The molecule has 3 nitrogen and oxygen atoms in total. The number of benzene rings is 1. The molecule has 0 aliphatic rings. The van der Waals surface area contributed by atoms with Crippen molar-refractivity contribution >= 4 is 5.97 Å². The highest BCUT2D eigenvalue weighted by molar-refractivity contribution is 5.89. The Morgan fingerprint density at radius 3 is 2.09 bits per heavy atom. The predicted molar refractivity (Wildman–Crippen MR) is 87.3 cm³/mol. The van der Waals surface area contributed by atoms with E-state index in [1.54, 1.807) is 0 Å². The number of carbonyl (C=O) groups excluding carboxylic acids is 1. The lowest BCUT2D eigenvalue weighted by atomic mass is 10.2. The summed E-state index contributed by atoms with van der Waals surface area (Å²) in [5.74, 6) is -0.735. The summed E-state index contributed by atoms with van der Waals surface area (Å²) in [7, 11) is 0. The van der Waals surface area contributed by atoms with E-state index in [9.17, 15) is 9.18 Å². The van der Waals surface area contributed by atoms with E-state index in [1.807, 2.05) is 6.92 Å². The van der Waals surface area contributed by atoms with E-state index in [2.05, 4.69) is 18.7 Å². The summed E-state index contributed by atoms with van der Waals surface area (Å²) in [6, 6.07) is 5.49. The van der Waals surface area contributed by atoms with Crippen LogP contribution in [0.3, 0.4) is 0 Å². The van der Waals surface area contributed by atoms with Crippen LogP contribution in [0, 0.1) is 5.82 Å². The molecule has 0 aliphatic heterocycles. The second-order valence-corrected chi connectivity index (χ2v) is 5.52. The Morgan fingerprint density at radius 2 is 1.64 bits per heavy atom. The van der Waals surface area contributed by atoms with Crippen LogP contribution < -0.4 is 0 Å². The van der Waals surface area contributed by atoms with E-state index in [4.69, 9.17) is 4.74 Å². The fourth-order valence-electron chi connectivity index (χ4n) is 2.32. The van der Waals surface area contributed by atoms with Gasteiger partial charge in [-0.25, -0.2) is 9.18 Å². The SMILES string of the molecule is CCCCN(CCCC)C(CC)OC(=O)c1ccc(F)cc1. The molecule has 1 rings (SSSR count). The zero-order valence-electron chi connectivity index (χ0n) is 14.0. The van der Waals surface area contributed by atoms with E-state index in [1.165, 1.54) is 24.3 Å². The van der Waals surface area contributed by atoms with Crippen molar-refractivity contribution in [3.8, 4) is 0 Å². The van der Waals surface area contributed by atoms with Crippen LogP contribution in [0.2, 0.25) is 0 Å². The van der Waals surface area contributed by atoms with Crippen LogP contribution >= 0.6 is 0 Å². The summed E-state index contributed by atoms with van der Waals surface area (Å²) in [5.41, 5.74) is 0.394. The molecule has 0 saturated heterocycles. The number of esters is 1. The van der Waals surface area contributed by atoms with Crippen LogP contribution in [0.5, 0.6) is 0 Å². The lowest BCUT2D eigenvalue weighted by molar-refractivity contribution is -0.0355. The van der Waals surface area contributed by atoms with Gasteiger partial charge in [0.2, 0.25) is 0 Å². The third-order valence-corrected chi connectivity index (χ3v) is 3.68. The van der Waals surface area contributed by atoms with Gasteiger partial charge in [0.15, 0.2) is 6.23 Å². The van der Waals surface area contributed by atoms with Crippen LogP contribution in [-0.4, -0.2) is 30.2 Å². The second-order valence-electron chi connectivity index (χ2n) is 5.52. The van der Waals surface area contributed by atoms with Gasteiger partial charge in [0.1, 0.15) is 5.82 Å². The van der Waals surface area contributed by atoms with Crippen LogP contribution in [0.1, 0.15) is 63.2 Å². The highest BCUT2D eigenvalue weighted by atomic mass is 19.1. The first-order chi connectivity index (χ1) is 10.6. The standard InChI is InChI=1S/C18H28FNO2/c1-4-7-13-20(14-8-5-2)17(6-3)22-18(21)15-9-11-16(19)12-10-15/h9-12,17H,4-8,13-14H2,1-3H3. The Bertz CT molecular complexity index is 425. The molecular formula is C18H28FNO2. The highest BCUT2D eigenvalue weighted by Gasteiger charge is 2.21. The molecule has 0 N–H and O–H groups in total. The molecule has 0 saturated carbocycles. The molecule has 0 aromatic heterocycles. The minimum atomic E-state index is -0.384. The van der Waals surface area contributed by atoms with Crippen molar-refractivity contribution in [1.82, 2.24) is 4.90 Å². The van der Waals surface area contributed by atoms with Crippen molar-refractivity contribution in [3.05, 3.63) is 35.6 Å². The first kappa shape index (κ1) is 18.6. The molecule has 0 radical (unpaired) electrons. The number of hydrogen-bond acceptors (Lipinski definition) is 3. The topological polar surface area (TPSA) is 29.5 Å². The molecule has 0 spiro atoms. The largest absolute Gasteiger partial charge is 0.443 e. The van der Waals surface area contributed by atoms with Crippen molar-refractivity contribution in [1.29, 1.82) is 0 Å². The van der Waals surface area contributed by atoms with Crippen molar-refractivity contribution in [3.63, 3.8) is 0 Å². The van der Waals surface area contributed by atoms with Gasteiger partial charge in [-0.3, -0.25) is 4.90 Å². The van der Waals surface area contributed by atoms with Crippen molar-refractivity contribution in [2.24, 2.45) is 0 Å². The molecule has 0 amide bonds. The highest BCUT2D eigenvalue weighted by Crippen LogP contribution is 2.13. The molecule has 0 aliphatic carbocycles. The van der Waals surface area contributed by atoms with Gasteiger partial charge in [-0.05, 0) is 43.5 Å². The minimum absolute atomic E-state index is 0.212. The number of hydrogen-bond donors (Lipinski definition) is 0. The van der Waals surface area contributed by atoms with E-state index in [-0.39, 0.29) is 18.0 Å². The summed E-state index contributed by atoms with van der Waals surface area (Å²) < 4.78 is 18.6. The van der Waals surface area contributed by atoms with Crippen molar-refractivity contribution in [2.75, 3.05) is 13.1 Å². The molecule has 1 aromatic carbocycles. The number of unbranched alkanes of at least 4 members (excludes halogenated alkanes) is 2. The summed E-state index contributed by atoms with van der Waals surface area (Å²) in [6.07, 6.45) is 4.95. The van der Waals surface area contributed by atoms with Gasteiger partial charge in [-0.2, -0.15) is 0 Å². The fourth-order valence-corrected chi connectivity index (χ4v) is 2.32. The van der Waals surface area contributed by atoms with Crippen LogP contribution in [-0.2, 0) is 4.74 Å². The third kappa shape index (κ3) is 6.14. The zero-order chi connectivity index (χ0) is 16.4. The van der Waals surface area contributed by atoms with Gasteiger partial charge in [-0.15, -0.1) is 0 Å². The van der Waals surface area contributed by atoms with E-state index in [0.29, 0.717) is 5.56 Å². The van der Waals surface area contributed by atoms with E-state index in [0.717, 1.165) is 45.2 Å². The third-order valence-electron chi connectivity index (χ3n) is 3.68. The van der Waals surface area contributed by atoms with Crippen molar-refractivity contribution in [2.45, 2.75) is 59.1 Å². The lowest BCUT2D eigenvalue weighted by Gasteiger charge is -2.30. The Labute approximate surface area is 133 Å². The number of halogens is 1. The molecule has 0 bridgehead atoms. The molecule has 0 fully saturated rings. The first-order valence-corrected chi connectivity index (χ1v) is 8.32. The molecular weight excluding hydrogens is 281 g/mol. The van der Waals surface area contributed by atoms with E-state index >= 15 is 0 Å². The Hall–Kier alpha value is -1.42. The molecule has 0 heterocycles. The molecule has 22 heavy (non-hydrogen) atoms. The monoisotopic (exact) mass is 309 g/mol. The summed E-state index contributed by atoms with van der Waals surface area (Å²) in [4.78, 5) is 14.5. The summed E-state index contributed by atoms with van der Waals surface area (Å²) in [5, 5.41) is 0.